The molecular formula is C26H25N7O2. The van der Waals surface area contributed by atoms with Crippen LogP contribution in [0, 0.1) is 0 Å². The highest BCUT2D eigenvalue weighted by Gasteiger charge is 2.23. The van der Waals surface area contributed by atoms with E-state index in [9.17, 15) is 4.79 Å². The van der Waals surface area contributed by atoms with Crippen LogP contribution in [-0.2, 0) is 6.42 Å². The number of para-hydroxylation sites is 2. The summed E-state index contributed by atoms with van der Waals surface area (Å²) in [7, 11) is 2.05. The molecule has 0 amide bonds. The predicted octanol–water partition coefficient (Wildman–Crippen LogP) is 3.53. The standard InChI is InChI=1S/C26H25N7O2/c1-3-16-8-10-17(11-9-16)33-24-19(23-20(25(33)34)14-29-31-23)13-28-26(30-24)27-12-18-15-32(2)21-6-4-5-7-22(21)35-18/h4-11,13-14,18H,3,12,15H2,1-2H3,(H,29,31)(H,27,28,30). The van der Waals surface area contributed by atoms with Crippen LogP contribution in [0.25, 0.3) is 27.6 Å². The summed E-state index contributed by atoms with van der Waals surface area (Å²) in [5, 5.41) is 11.6. The fourth-order valence-corrected chi connectivity index (χ4v) is 4.59. The number of anilines is 2. The van der Waals surface area contributed by atoms with Crippen LogP contribution in [0.2, 0.25) is 0 Å². The lowest BCUT2D eigenvalue weighted by atomic mass is 10.1. The SMILES string of the molecule is CCc1ccc(-n2c(=O)c3c[nH]nc3c3cnc(NCC4CN(C)c5ccccc5O4)nc32)cc1. The van der Waals surface area contributed by atoms with Crippen LogP contribution in [0.15, 0.2) is 65.7 Å². The molecule has 0 saturated carbocycles. The van der Waals surface area contributed by atoms with Gasteiger partial charge in [0.05, 0.1) is 35.2 Å². The number of nitrogens with zero attached hydrogens (tertiary/aromatic N) is 5. The maximum Gasteiger partial charge on any atom is 0.267 e. The van der Waals surface area contributed by atoms with Gasteiger partial charge >= 0.3 is 0 Å². The Labute approximate surface area is 201 Å². The Bertz CT molecular complexity index is 1590. The topological polar surface area (TPSA) is 101 Å². The summed E-state index contributed by atoms with van der Waals surface area (Å²) in [6.45, 7) is 3.36. The number of hydrogen-bond donors (Lipinski definition) is 2. The van der Waals surface area contributed by atoms with Gasteiger partial charge in [0, 0.05) is 19.4 Å². The molecule has 2 N–H and O–H groups in total. The van der Waals surface area contributed by atoms with Crippen LogP contribution in [0.1, 0.15) is 12.5 Å². The summed E-state index contributed by atoms with van der Waals surface area (Å²) in [4.78, 5) is 24.9. The van der Waals surface area contributed by atoms with Gasteiger partial charge < -0.3 is 15.0 Å². The highest BCUT2D eigenvalue weighted by molar-refractivity contribution is 6.02. The van der Waals surface area contributed by atoms with Crippen LogP contribution in [0.4, 0.5) is 11.6 Å². The van der Waals surface area contributed by atoms with Gasteiger partial charge in [-0.25, -0.2) is 4.98 Å². The first-order valence-corrected chi connectivity index (χ1v) is 11.7. The number of aromatic nitrogens is 5. The maximum atomic E-state index is 13.4. The molecule has 0 radical (unpaired) electrons. The Balaban J connectivity index is 1.37. The Morgan fingerprint density at radius 2 is 1.97 bits per heavy atom. The molecule has 4 heterocycles. The lowest BCUT2D eigenvalue weighted by Gasteiger charge is -2.33. The van der Waals surface area contributed by atoms with E-state index in [1.807, 2.05) is 48.5 Å². The van der Waals surface area contributed by atoms with Crippen LogP contribution in [0.3, 0.4) is 0 Å². The van der Waals surface area contributed by atoms with Crippen molar-refractivity contribution in [2.75, 3.05) is 30.4 Å². The van der Waals surface area contributed by atoms with E-state index in [0.29, 0.717) is 34.4 Å². The van der Waals surface area contributed by atoms with E-state index in [-0.39, 0.29) is 11.7 Å². The number of H-pyrrole nitrogens is 1. The summed E-state index contributed by atoms with van der Waals surface area (Å²) in [5.74, 6) is 1.29. The molecule has 9 nitrogen and oxygen atoms in total. The van der Waals surface area contributed by atoms with Crippen molar-refractivity contribution in [1.29, 1.82) is 0 Å². The molecule has 3 aromatic heterocycles. The van der Waals surface area contributed by atoms with Gasteiger partial charge in [-0.15, -0.1) is 0 Å². The molecule has 1 aliphatic rings. The molecular weight excluding hydrogens is 442 g/mol. The van der Waals surface area contributed by atoms with Gasteiger partial charge in [-0.1, -0.05) is 31.2 Å². The van der Waals surface area contributed by atoms with Gasteiger partial charge in [-0.05, 0) is 36.2 Å². The average Bonchev–Trinajstić information content (AvgIpc) is 3.39. The summed E-state index contributed by atoms with van der Waals surface area (Å²) < 4.78 is 7.79. The Hall–Kier alpha value is -4.40. The van der Waals surface area contributed by atoms with Crippen LogP contribution < -0.4 is 20.5 Å². The van der Waals surface area contributed by atoms with Crippen LogP contribution in [-0.4, -0.2) is 51.0 Å². The van der Waals surface area contributed by atoms with Gasteiger partial charge in [-0.3, -0.25) is 14.5 Å². The van der Waals surface area contributed by atoms with Crippen molar-refractivity contribution >= 4 is 33.6 Å². The number of aromatic amines is 1. The van der Waals surface area contributed by atoms with Crippen molar-refractivity contribution in [3.63, 3.8) is 0 Å². The minimum absolute atomic E-state index is 0.0770. The monoisotopic (exact) mass is 467 g/mol. The third-order valence-corrected chi connectivity index (χ3v) is 6.45. The molecule has 5 aromatic rings. The van der Waals surface area contributed by atoms with Gasteiger partial charge in [0.1, 0.15) is 17.4 Å². The van der Waals surface area contributed by atoms with E-state index in [0.717, 1.165) is 30.1 Å². The Morgan fingerprint density at radius 3 is 2.80 bits per heavy atom. The highest BCUT2D eigenvalue weighted by Crippen LogP contribution is 2.32. The lowest BCUT2D eigenvalue weighted by Crippen LogP contribution is -2.41. The van der Waals surface area contributed by atoms with Crippen LogP contribution in [0.5, 0.6) is 5.75 Å². The van der Waals surface area contributed by atoms with E-state index >= 15 is 0 Å². The van der Waals surface area contributed by atoms with Crippen molar-refractivity contribution in [2.45, 2.75) is 19.4 Å². The third-order valence-electron chi connectivity index (χ3n) is 6.45. The third kappa shape index (κ3) is 3.65. The molecule has 9 heteroatoms. The number of benzene rings is 2. The fraction of sp³-hybridized carbons (Fsp3) is 0.231. The second-order valence-corrected chi connectivity index (χ2v) is 8.71. The number of hydrogen-bond acceptors (Lipinski definition) is 7. The summed E-state index contributed by atoms with van der Waals surface area (Å²) >= 11 is 0. The van der Waals surface area contributed by atoms with E-state index in [1.54, 1.807) is 17.0 Å². The summed E-state index contributed by atoms with van der Waals surface area (Å²) in [6, 6.07) is 16.0. The van der Waals surface area contributed by atoms with Crippen molar-refractivity contribution in [2.24, 2.45) is 0 Å². The zero-order valence-corrected chi connectivity index (χ0v) is 19.5. The van der Waals surface area contributed by atoms with Crippen molar-refractivity contribution in [3.8, 4) is 11.4 Å². The van der Waals surface area contributed by atoms with E-state index in [2.05, 4.69) is 39.4 Å². The predicted molar refractivity (Wildman–Crippen MR) is 137 cm³/mol. The summed E-state index contributed by atoms with van der Waals surface area (Å²) in [5.41, 5.74) is 3.91. The van der Waals surface area contributed by atoms with Gasteiger partial charge in [0.2, 0.25) is 5.95 Å². The molecule has 0 spiro atoms. The first-order chi connectivity index (χ1) is 17.1. The van der Waals surface area contributed by atoms with E-state index < -0.39 is 0 Å². The minimum atomic E-state index is -0.177. The first kappa shape index (κ1) is 21.2. The summed E-state index contributed by atoms with van der Waals surface area (Å²) in [6.07, 6.45) is 4.18. The quantitative estimate of drug-likeness (QED) is 0.408. The minimum Gasteiger partial charge on any atom is -0.485 e. The average molecular weight is 468 g/mol. The lowest BCUT2D eigenvalue weighted by molar-refractivity contribution is 0.208. The largest absolute Gasteiger partial charge is 0.485 e. The second-order valence-electron chi connectivity index (χ2n) is 8.71. The van der Waals surface area contributed by atoms with E-state index in [4.69, 9.17) is 9.72 Å². The molecule has 2 aromatic carbocycles. The number of aryl methyl sites for hydroxylation is 1. The number of likely N-dealkylation sites (N-methyl/N-ethyl adjacent to an activating group) is 1. The zero-order valence-electron chi connectivity index (χ0n) is 19.5. The number of pyridine rings is 1. The smallest absolute Gasteiger partial charge is 0.267 e. The molecule has 0 aliphatic carbocycles. The first-order valence-electron chi connectivity index (χ1n) is 11.7. The van der Waals surface area contributed by atoms with Gasteiger partial charge in [0.25, 0.3) is 5.56 Å². The highest BCUT2D eigenvalue weighted by atomic mass is 16.5. The molecule has 1 atom stereocenters. The van der Waals surface area contributed by atoms with Gasteiger partial charge in [-0.2, -0.15) is 10.1 Å². The molecule has 1 unspecified atom stereocenters. The van der Waals surface area contributed by atoms with E-state index in [1.165, 1.54) is 5.56 Å². The molecule has 0 saturated heterocycles. The molecule has 1 aliphatic heterocycles. The molecule has 35 heavy (non-hydrogen) atoms. The normalized spacial score (nSPS) is 15.3. The number of fused-ring (bicyclic) bond motifs is 4. The van der Waals surface area contributed by atoms with Crippen LogP contribution >= 0.6 is 0 Å². The number of ether oxygens (including phenoxy) is 1. The maximum absolute atomic E-state index is 13.4. The number of rotatable bonds is 5. The fourth-order valence-electron chi connectivity index (χ4n) is 4.59. The second kappa shape index (κ2) is 8.43. The van der Waals surface area contributed by atoms with Crippen molar-refractivity contribution < 1.29 is 4.74 Å². The Morgan fingerprint density at radius 1 is 1.14 bits per heavy atom. The zero-order chi connectivity index (χ0) is 23.9. The van der Waals surface area contributed by atoms with Crippen molar-refractivity contribution in [1.82, 2.24) is 24.7 Å². The molecule has 0 fully saturated rings. The Kier molecular flexibility index (Phi) is 5.09. The van der Waals surface area contributed by atoms with Gasteiger partial charge in [0.15, 0.2) is 5.65 Å². The molecule has 0 bridgehead atoms. The molecule has 176 valence electrons. The molecule has 6 rings (SSSR count). The van der Waals surface area contributed by atoms with Crippen molar-refractivity contribution in [3.05, 3.63) is 76.8 Å². The number of nitrogens with one attached hydrogen (secondary N) is 2.